The van der Waals surface area contributed by atoms with E-state index in [0.29, 0.717) is 51.7 Å². The SMILES string of the molecule is CCCCCCCCCC(=O)N1CCC[C@H]1C(=O)N[C@H](C(=O)N[C@@H](C)C(=O)NC(C)(C)C(=O)NC(C)(C)C(=O)N[C@H](C(=O)N[C@@H](C)C(=O)NC(C)(C)C(=O)NC(C)(C)C(=O)NC(C)CN(C)CCO)[C@@H](C)CC)[C@@H](C)CC. The Morgan fingerprint density at radius 3 is 1.40 bits per heavy atom. The van der Waals surface area contributed by atoms with Gasteiger partial charge in [0.1, 0.15) is 52.4 Å². The van der Waals surface area contributed by atoms with Crippen LogP contribution in [0.5, 0.6) is 0 Å². The number of aliphatic hydroxyl groups is 1. The summed E-state index contributed by atoms with van der Waals surface area (Å²) in [7, 11) is 1.80. The Morgan fingerprint density at radius 2 is 0.961 bits per heavy atom. The summed E-state index contributed by atoms with van der Waals surface area (Å²) in [6, 6.07) is -5.56. The summed E-state index contributed by atoms with van der Waals surface area (Å²) in [5.74, 6) is -6.70. The number of nitrogens with zero attached hydrogens (tertiary/aromatic N) is 2. The fraction of sp³-hybridized carbons (Fsp3) is 0.818. The lowest BCUT2D eigenvalue weighted by Crippen LogP contribution is -2.66. The van der Waals surface area contributed by atoms with E-state index in [1.807, 2.05) is 11.8 Å². The Morgan fingerprint density at radius 1 is 0.545 bits per heavy atom. The first-order chi connectivity index (χ1) is 35.6. The van der Waals surface area contributed by atoms with Crippen LogP contribution in [0, 0.1) is 11.8 Å². The number of carbonyl (C=O) groups is 10. The van der Waals surface area contributed by atoms with Crippen LogP contribution in [0.3, 0.4) is 0 Å². The number of amides is 10. The molecule has 0 aromatic rings. The Labute approximate surface area is 459 Å². The van der Waals surface area contributed by atoms with Gasteiger partial charge in [-0.3, -0.25) is 47.9 Å². The summed E-state index contributed by atoms with van der Waals surface area (Å²) in [6.07, 6.45) is 9.95. The van der Waals surface area contributed by atoms with Crippen molar-refractivity contribution in [2.75, 3.05) is 33.3 Å². The van der Waals surface area contributed by atoms with Gasteiger partial charge in [-0.2, -0.15) is 0 Å². The van der Waals surface area contributed by atoms with E-state index in [-0.39, 0.29) is 24.5 Å². The lowest BCUT2D eigenvalue weighted by molar-refractivity contribution is -0.140. The van der Waals surface area contributed by atoms with Gasteiger partial charge in [-0.05, 0) is 114 Å². The highest BCUT2D eigenvalue weighted by molar-refractivity contribution is 6.01. The molecule has 22 nitrogen and oxygen atoms in total. The minimum Gasteiger partial charge on any atom is -0.395 e. The summed E-state index contributed by atoms with van der Waals surface area (Å²) < 4.78 is 0. The summed E-state index contributed by atoms with van der Waals surface area (Å²) >= 11 is 0. The van der Waals surface area contributed by atoms with Gasteiger partial charge in [0, 0.05) is 32.1 Å². The third-order valence-electron chi connectivity index (χ3n) is 14.4. The lowest BCUT2D eigenvalue weighted by atomic mass is 9.94. The molecule has 0 radical (unpaired) electrons. The quantitative estimate of drug-likeness (QED) is 0.0415. The lowest BCUT2D eigenvalue weighted by Gasteiger charge is -2.34. The van der Waals surface area contributed by atoms with Crippen LogP contribution in [-0.4, -0.2) is 166 Å². The number of carbonyl (C=O) groups excluding carboxylic acids is 10. The van der Waals surface area contributed by atoms with Crippen LogP contribution in [0.1, 0.15) is 188 Å². The molecule has 442 valence electrons. The molecule has 8 atom stereocenters. The van der Waals surface area contributed by atoms with Crippen LogP contribution >= 0.6 is 0 Å². The van der Waals surface area contributed by atoms with Crippen molar-refractivity contribution in [2.45, 2.75) is 246 Å². The molecular formula is C55H101N11O11. The predicted molar refractivity (Wildman–Crippen MR) is 296 cm³/mol. The number of hydrogen-bond acceptors (Lipinski definition) is 12. The number of nitrogens with one attached hydrogen (secondary N) is 9. The van der Waals surface area contributed by atoms with E-state index in [2.05, 4.69) is 54.8 Å². The first-order valence-corrected chi connectivity index (χ1v) is 28.0. The summed E-state index contributed by atoms with van der Waals surface area (Å²) in [5.41, 5.74) is -6.21. The molecule has 1 heterocycles. The molecule has 10 amide bonds. The van der Waals surface area contributed by atoms with Crippen molar-refractivity contribution in [3.63, 3.8) is 0 Å². The Bertz CT molecular complexity index is 2010. The Kier molecular flexibility index (Phi) is 28.8. The Balaban J connectivity index is 2.96. The molecule has 1 unspecified atom stereocenters. The maximum Gasteiger partial charge on any atom is 0.246 e. The first kappa shape index (κ1) is 69.6. The third kappa shape index (κ3) is 22.9. The number of likely N-dealkylation sites (N-methyl/N-ethyl adjacent to an activating group) is 1. The van der Waals surface area contributed by atoms with Gasteiger partial charge in [0.05, 0.1) is 6.61 Å². The molecule has 0 aliphatic carbocycles. The zero-order valence-corrected chi connectivity index (χ0v) is 49.9. The number of rotatable bonds is 34. The smallest absolute Gasteiger partial charge is 0.246 e. The van der Waals surface area contributed by atoms with Crippen LogP contribution in [0.4, 0.5) is 0 Å². The summed E-state index contributed by atoms with van der Waals surface area (Å²) in [5, 5.41) is 33.5. The second-order valence-corrected chi connectivity index (χ2v) is 23.5. The van der Waals surface area contributed by atoms with Crippen molar-refractivity contribution < 1.29 is 53.1 Å². The highest BCUT2D eigenvalue weighted by atomic mass is 16.3. The van der Waals surface area contributed by atoms with Gasteiger partial charge in [0.2, 0.25) is 59.1 Å². The summed E-state index contributed by atoms with van der Waals surface area (Å²) in [6.45, 7) is 26.9. The molecular weight excluding hydrogens is 991 g/mol. The van der Waals surface area contributed by atoms with E-state index in [4.69, 9.17) is 0 Å². The normalized spacial score (nSPS) is 16.8. The molecule has 0 saturated carbocycles. The van der Waals surface area contributed by atoms with Gasteiger partial charge in [0.25, 0.3) is 0 Å². The van der Waals surface area contributed by atoms with Crippen molar-refractivity contribution >= 4 is 59.1 Å². The molecule has 0 spiro atoms. The standard InChI is InChI=1S/C55H101N11O11/c1-18-21-22-23-24-25-26-29-40(68)66-30-27-28-39(66)45(71)59-41(34(4)19-2)46(72)57-37(7)43(69)61-55(15,16)51(77)64-53(11,12)49(75)60-42(35(5)20-3)47(73)58-38(8)44(70)62-54(13,14)50(76)63-52(9,10)48(74)56-36(6)33-65(17)31-32-67/h34-39,41-42,67H,18-33H2,1-17H3,(H,56,74)(H,57,72)(H,58,73)(H,59,71)(H,60,75)(H,61,69)(H,62,70)(H,63,76)(H,64,77)/t34-,35-,36?,37-,38-,39-,41-,42-/m0/s1. The molecule has 10 N–H and O–H groups in total. The van der Waals surface area contributed by atoms with Gasteiger partial charge < -0.3 is 62.8 Å². The second-order valence-electron chi connectivity index (χ2n) is 23.5. The fourth-order valence-corrected chi connectivity index (χ4v) is 8.55. The van der Waals surface area contributed by atoms with Gasteiger partial charge in [-0.25, -0.2) is 0 Å². The van der Waals surface area contributed by atoms with E-state index in [1.165, 1.54) is 88.5 Å². The van der Waals surface area contributed by atoms with E-state index in [9.17, 15) is 53.1 Å². The molecule has 1 saturated heterocycles. The van der Waals surface area contributed by atoms with Crippen molar-refractivity contribution in [1.29, 1.82) is 0 Å². The molecule has 1 aliphatic rings. The van der Waals surface area contributed by atoms with Gasteiger partial charge in [-0.15, -0.1) is 0 Å². The van der Waals surface area contributed by atoms with Crippen molar-refractivity contribution in [3.8, 4) is 0 Å². The second kappa shape index (κ2) is 31.9. The third-order valence-corrected chi connectivity index (χ3v) is 14.4. The number of hydrogen-bond donors (Lipinski definition) is 10. The molecule has 0 aromatic heterocycles. The number of unbranched alkanes of at least 4 members (excludes halogenated alkanes) is 6. The highest BCUT2D eigenvalue weighted by Gasteiger charge is 2.42. The molecule has 1 aliphatic heterocycles. The Hall–Kier alpha value is -5.38. The molecule has 1 fully saturated rings. The first-order valence-electron chi connectivity index (χ1n) is 28.0. The zero-order valence-electron chi connectivity index (χ0n) is 49.9. The van der Waals surface area contributed by atoms with Crippen molar-refractivity contribution in [3.05, 3.63) is 0 Å². The molecule has 22 heteroatoms. The van der Waals surface area contributed by atoms with Crippen LogP contribution in [-0.2, 0) is 47.9 Å². The van der Waals surface area contributed by atoms with E-state index >= 15 is 0 Å². The molecule has 1 rings (SSSR count). The maximum atomic E-state index is 13.9. The van der Waals surface area contributed by atoms with E-state index in [1.54, 1.807) is 39.6 Å². The fourth-order valence-electron chi connectivity index (χ4n) is 8.55. The average Bonchev–Trinajstić information content (AvgIpc) is 3.84. The van der Waals surface area contributed by atoms with Crippen molar-refractivity contribution in [2.24, 2.45) is 11.8 Å². The maximum absolute atomic E-state index is 13.9. The topological polar surface area (TPSA) is 306 Å². The zero-order chi connectivity index (χ0) is 59.2. The summed E-state index contributed by atoms with van der Waals surface area (Å²) in [4.78, 5) is 139. The van der Waals surface area contributed by atoms with Crippen LogP contribution in [0.25, 0.3) is 0 Å². The minimum absolute atomic E-state index is 0.0364. The van der Waals surface area contributed by atoms with Gasteiger partial charge in [-0.1, -0.05) is 86.0 Å². The van der Waals surface area contributed by atoms with Gasteiger partial charge in [0.15, 0.2) is 0 Å². The largest absolute Gasteiger partial charge is 0.395 e. The van der Waals surface area contributed by atoms with E-state index < -0.39 is 111 Å². The highest BCUT2D eigenvalue weighted by Crippen LogP contribution is 2.22. The van der Waals surface area contributed by atoms with Crippen LogP contribution < -0.4 is 47.9 Å². The van der Waals surface area contributed by atoms with Gasteiger partial charge >= 0.3 is 0 Å². The van der Waals surface area contributed by atoms with Crippen LogP contribution in [0.2, 0.25) is 0 Å². The minimum atomic E-state index is -1.65. The average molecular weight is 1090 g/mol. The number of likely N-dealkylation sites (tertiary alicyclic amines) is 1. The molecule has 0 bridgehead atoms. The monoisotopic (exact) mass is 1090 g/mol. The van der Waals surface area contributed by atoms with Crippen LogP contribution in [0.15, 0.2) is 0 Å². The molecule has 77 heavy (non-hydrogen) atoms. The number of aliphatic hydroxyl groups excluding tert-OH is 1. The van der Waals surface area contributed by atoms with Crippen molar-refractivity contribution in [1.82, 2.24) is 57.7 Å². The van der Waals surface area contributed by atoms with E-state index in [0.717, 1.165) is 25.7 Å². The molecule has 0 aromatic carbocycles. The predicted octanol–water partition coefficient (Wildman–Crippen LogP) is 2.20.